The summed E-state index contributed by atoms with van der Waals surface area (Å²) >= 11 is 1.47. The number of ether oxygens (including phenoxy) is 3. The number of benzene rings is 1. The maximum absolute atomic E-state index is 11.1. The third kappa shape index (κ3) is 3.92. The lowest BCUT2D eigenvalue weighted by atomic mass is 9.89. The summed E-state index contributed by atoms with van der Waals surface area (Å²) in [7, 11) is 4.83. The summed E-state index contributed by atoms with van der Waals surface area (Å²) in [6, 6.07) is 3.75. The molecule has 168 valence electrons. The Kier molecular flexibility index (Phi) is 5.98. The number of thiazole rings is 1. The Morgan fingerprint density at radius 2 is 1.68 bits per heavy atom. The molecule has 1 aromatic carbocycles. The number of nitrogens with zero attached hydrogens (tertiary/aromatic N) is 4. The van der Waals surface area contributed by atoms with Gasteiger partial charge in [0.15, 0.2) is 11.5 Å². The molecule has 31 heavy (non-hydrogen) atoms. The van der Waals surface area contributed by atoms with Crippen LogP contribution >= 0.6 is 11.3 Å². The second-order valence-electron chi connectivity index (χ2n) is 8.40. The zero-order valence-corrected chi connectivity index (χ0v) is 19.7. The fraction of sp³-hybridized carbons (Fsp3) is 0.545. The average Bonchev–Trinajstić information content (AvgIpc) is 3.24. The molecule has 0 radical (unpaired) electrons. The number of hydrogen-bond donors (Lipinski definition) is 1. The number of methoxy groups -OCH3 is 3. The molecule has 1 fully saturated rings. The number of rotatable bonds is 6. The van der Waals surface area contributed by atoms with Gasteiger partial charge in [-0.3, -0.25) is 4.90 Å². The molecule has 4 rings (SSSR count). The summed E-state index contributed by atoms with van der Waals surface area (Å²) < 4.78 is 18.3. The number of hydrogen-bond acceptors (Lipinski definition) is 8. The van der Waals surface area contributed by atoms with E-state index in [0.29, 0.717) is 39.9 Å². The third-order valence-corrected chi connectivity index (χ3v) is 6.89. The predicted molar refractivity (Wildman–Crippen MR) is 120 cm³/mol. The maximum atomic E-state index is 11.1. The minimum atomic E-state index is -0.187. The number of aromatic nitrogens is 3. The van der Waals surface area contributed by atoms with Crippen LogP contribution in [0.5, 0.6) is 23.1 Å². The fourth-order valence-electron chi connectivity index (χ4n) is 4.74. The van der Waals surface area contributed by atoms with Crippen molar-refractivity contribution in [1.29, 1.82) is 0 Å². The van der Waals surface area contributed by atoms with E-state index in [-0.39, 0.29) is 11.9 Å². The SMILES string of the molecule is COc1cc([C@@H](c2sc3nc(C)nn3c2O)N2C[C@@H](C)C[C@H](C)C2)cc(OC)c1OC. The van der Waals surface area contributed by atoms with Gasteiger partial charge in [-0.05, 0) is 42.9 Å². The molecule has 3 heterocycles. The second kappa shape index (κ2) is 8.55. The topological polar surface area (TPSA) is 81.4 Å². The maximum Gasteiger partial charge on any atom is 0.230 e. The van der Waals surface area contributed by atoms with Gasteiger partial charge in [-0.1, -0.05) is 25.2 Å². The second-order valence-corrected chi connectivity index (χ2v) is 9.41. The van der Waals surface area contributed by atoms with Crippen LogP contribution < -0.4 is 14.2 Å². The normalized spacial score (nSPS) is 20.7. The first-order valence-corrected chi connectivity index (χ1v) is 11.3. The molecular weight excluding hydrogens is 416 g/mol. The molecule has 2 aromatic heterocycles. The van der Waals surface area contributed by atoms with E-state index in [1.807, 2.05) is 19.1 Å². The zero-order valence-electron chi connectivity index (χ0n) is 18.9. The first-order valence-electron chi connectivity index (χ1n) is 10.4. The predicted octanol–water partition coefficient (Wildman–Crippen LogP) is 3.90. The summed E-state index contributed by atoms with van der Waals surface area (Å²) in [5, 5.41) is 15.5. The Morgan fingerprint density at radius 1 is 1.06 bits per heavy atom. The van der Waals surface area contributed by atoms with Gasteiger partial charge in [0.2, 0.25) is 16.6 Å². The molecule has 8 nitrogen and oxygen atoms in total. The van der Waals surface area contributed by atoms with E-state index in [1.165, 1.54) is 22.3 Å². The van der Waals surface area contributed by atoms with Crippen LogP contribution in [-0.4, -0.2) is 59.0 Å². The van der Waals surface area contributed by atoms with E-state index in [1.54, 1.807) is 21.3 Å². The molecule has 9 heteroatoms. The minimum absolute atomic E-state index is 0.130. The Morgan fingerprint density at radius 3 is 2.19 bits per heavy atom. The lowest BCUT2D eigenvalue weighted by Gasteiger charge is -2.40. The lowest BCUT2D eigenvalue weighted by molar-refractivity contribution is 0.111. The van der Waals surface area contributed by atoms with Crippen molar-refractivity contribution in [1.82, 2.24) is 19.5 Å². The summed E-state index contributed by atoms with van der Waals surface area (Å²) in [6.07, 6.45) is 1.19. The van der Waals surface area contributed by atoms with Gasteiger partial charge in [0.25, 0.3) is 0 Å². The van der Waals surface area contributed by atoms with E-state index in [2.05, 4.69) is 28.8 Å². The van der Waals surface area contributed by atoms with E-state index < -0.39 is 0 Å². The molecule has 1 aliphatic heterocycles. The molecular formula is C22H30N4O4S. The molecule has 0 saturated carbocycles. The Labute approximate surface area is 186 Å². The fourth-order valence-corrected chi connectivity index (χ4v) is 5.90. The molecule has 0 spiro atoms. The molecule has 1 saturated heterocycles. The largest absolute Gasteiger partial charge is 0.493 e. The summed E-state index contributed by atoms with van der Waals surface area (Å²) in [6.45, 7) is 8.24. The van der Waals surface area contributed by atoms with Gasteiger partial charge in [0, 0.05) is 13.1 Å². The highest BCUT2D eigenvalue weighted by Gasteiger charge is 2.34. The summed E-state index contributed by atoms with van der Waals surface area (Å²) in [5.41, 5.74) is 0.965. The monoisotopic (exact) mass is 446 g/mol. The minimum Gasteiger partial charge on any atom is -0.493 e. The van der Waals surface area contributed by atoms with Crippen molar-refractivity contribution in [3.63, 3.8) is 0 Å². The van der Waals surface area contributed by atoms with Crippen molar-refractivity contribution in [2.45, 2.75) is 33.2 Å². The molecule has 0 aliphatic carbocycles. The molecule has 1 aliphatic rings. The number of aromatic hydroxyl groups is 1. The Balaban J connectivity index is 1.90. The van der Waals surface area contributed by atoms with Crippen LogP contribution in [0.2, 0.25) is 0 Å². The Hall–Kier alpha value is -2.52. The first kappa shape index (κ1) is 21.7. The number of aryl methyl sites for hydroxylation is 1. The number of likely N-dealkylation sites (tertiary alicyclic amines) is 1. The highest BCUT2D eigenvalue weighted by Crippen LogP contribution is 2.46. The third-order valence-electron chi connectivity index (χ3n) is 5.82. The van der Waals surface area contributed by atoms with Gasteiger partial charge in [0.1, 0.15) is 5.82 Å². The molecule has 0 unspecified atom stereocenters. The highest BCUT2D eigenvalue weighted by atomic mass is 32.1. The van der Waals surface area contributed by atoms with Gasteiger partial charge in [-0.15, -0.1) is 5.10 Å². The van der Waals surface area contributed by atoms with Crippen LogP contribution in [0.15, 0.2) is 12.1 Å². The quantitative estimate of drug-likeness (QED) is 0.615. The smallest absolute Gasteiger partial charge is 0.230 e. The average molecular weight is 447 g/mol. The van der Waals surface area contributed by atoms with Gasteiger partial charge >= 0.3 is 0 Å². The van der Waals surface area contributed by atoms with Crippen molar-refractivity contribution in [2.24, 2.45) is 11.8 Å². The van der Waals surface area contributed by atoms with Gasteiger partial charge in [-0.25, -0.2) is 4.98 Å². The van der Waals surface area contributed by atoms with Crippen LogP contribution in [0.25, 0.3) is 4.96 Å². The van der Waals surface area contributed by atoms with Gasteiger partial charge < -0.3 is 19.3 Å². The van der Waals surface area contributed by atoms with Gasteiger partial charge in [-0.2, -0.15) is 4.52 Å². The summed E-state index contributed by atoms with van der Waals surface area (Å²) in [4.78, 5) is 8.38. The molecule has 3 aromatic rings. The molecule has 0 bridgehead atoms. The lowest BCUT2D eigenvalue weighted by Crippen LogP contribution is -2.41. The van der Waals surface area contributed by atoms with Crippen LogP contribution in [0.1, 0.15) is 42.6 Å². The van der Waals surface area contributed by atoms with Crippen molar-refractivity contribution in [3.05, 3.63) is 28.4 Å². The standard InChI is InChI=1S/C22H30N4O4S/c1-12-7-13(2)11-25(10-12)18(20-21(27)26-22(31-20)23-14(3)24-26)15-8-16(28-4)19(30-6)17(9-15)29-5/h8-9,12-13,18,27H,7,10-11H2,1-6H3/t12-,13-,18-/m0/s1. The van der Waals surface area contributed by atoms with E-state index >= 15 is 0 Å². The first-order chi connectivity index (χ1) is 14.9. The van der Waals surface area contributed by atoms with Crippen molar-refractivity contribution in [2.75, 3.05) is 34.4 Å². The van der Waals surface area contributed by atoms with Crippen LogP contribution in [0.3, 0.4) is 0 Å². The van der Waals surface area contributed by atoms with E-state index in [4.69, 9.17) is 14.2 Å². The number of piperidine rings is 1. The van der Waals surface area contributed by atoms with Crippen LogP contribution in [0.4, 0.5) is 0 Å². The highest BCUT2D eigenvalue weighted by molar-refractivity contribution is 7.17. The summed E-state index contributed by atoms with van der Waals surface area (Å²) in [5.74, 6) is 3.61. The van der Waals surface area contributed by atoms with Crippen LogP contribution in [0, 0.1) is 18.8 Å². The van der Waals surface area contributed by atoms with Crippen molar-refractivity contribution < 1.29 is 19.3 Å². The Bertz CT molecular complexity index is 1040. The van der Waals surface area contributed by atoms with E-state index in [9.17, 15) is 5.11 Å². The molecule has 1 N–H and O–H groups in total. The number of fused-ring (bicyclic) bond motifs is 1. The molecule has 3 atom stereocenters. The van der Waals surface area contributed by atoms with Crippen LogP contribution in [-0.2, 0) is 0 Å². The van der Waals surface area contributed by atoms with Crippen molar-refractivity contribution in [3.8, 4) is 23.1 Å². The molecule has 0 amide bonds. The zero-order chi connectivity index (χ0) is 22.3. The van der Waals surface area contributed by atoms with E-state index in [0.717, 1.165) is 23.5 Å². The van der Waals surface area contributed by atoms with Crippen molar-refractivity contribution >= 4 is 16.3 Å². The van der Waals surface area contributed by atoms with Gasteiger partial charge in [0.05, 0.1) is 32.2 Å².